The molecule has 3 rings (SSSR count). The van der Waals surface area contributed by atoms with Crippen molar-refractivity contribution >= 4 is 23.1 Å². The van der Waals surface area contributed by atoms with Gasteiger partial charge in [0.05, 0.1) is 6.20 Å². The van der Waals surface area contributed by atoms with Crippen molar-refractivity contribution < 1.29 is 14.3 Å². The first-order chi connectivity index (χ1) is 10.9. The molecule has 1 amide bonds. The van der Waals surface area contributed by atoms with Gasteiger partial charge in [-0.2, -0.15) is 0 Å². The SMILES string of the molecule is CC(=O)Nc1ccc2c(c1)N(c1cccc[n+]1[O-])CC(C)(C)O2. The molecule has 0 unspecified atom stereocenters. The van der Waals surface area contributed by atoms with Crippen LogP contribution in [0.1, 0.15) is 20.8 Å². The fourth-order valence-corrected chi connectivity index (χ4v) is 2.72. The molecule has 6 heteroatoms. The monoisotopic (exact) mass is 313 g/mol. The molecule has 23 heavy (non-hydrogen) atoms. The van der Waals surface area contributed by atoms with Gasteiger partial charge >= 0.3 is 0 Å². The standard InChI is InChI=1S/C17H19N3O3/c1-12(21)18-13-7-8-15-14(10-13)19(11-17(2,3)23-15)16-6-4-5-9-20(16)22/h4-10H,11H2,1-3H3,(H,18,21). The number of ether oxygens (including phenoxy) is 1. The zero-order valence-electron chi connectivity index (χ0n) is 13.4. The molecule has 1 aromatic heterocycles. The summed E-state index contributed by atoms with van der Waals surface area (Å²) in [6.07, 6.45) is 1.47. The minimum absolute atomic E-state index is 0.146. The lowest BCUT2D eigenvalue weighted by Gasteiger charge is -2.36. The summed E-state index contributed by atoms with van der Waals surface area (Å²) in [6.45, 7) is 5.93. The Balaban J connectivity index is 2.10. The number of pyridine rings is 1. The molecule has 0 radical (unpaired) electrons. The van der Waals surface area contributed by atoms with Crippen molar-refractivity contribution in [1.82, 2.24) is 0 Å². The number of nitrogens with one attached hydrogen (secondary N) is 1. The summed E-state index contributed by atoms with van der Waals surface area (Å²) >= 11 is 0. The molecule has 6 nitrogen and oxygen atoms in total. The number of carbonyl (C=O) groups is 1. The average molecular weight is 313 g/mol. The highest BCUT2D eigenvalue weighted by Gasteiger charge is 2.38. The first-order valence-electron chi connectivity index (χ1n) is 7.42. The van der Waals surface area contributed by atoms with E-state index < -0.39 is 5.60 Å². The Morgan fingerprint density at radius 2 is 2.13 bits per heavy atom. The first kappa shape index (κ1) is 15.1. The van der Waals surface area contributed by atoms with Gasteiger partial charge in [0.15, 0.2) is 11.4 Å². The van der Waals surface area contributed by atoms with Crippen LogP contribution in [-0.2, 0) is 4.79 Å². The summed E-state index contributed by atoms with van der Waals surface area (Å²) < 4.78 is 6.83. The molecular weight excluding hydrogens is 294 g/mol. The molecule has 0 bridgehead atoms. The fourth-order valence-electron chi connectivity index (χ4n) is 2.72. The van der Waals surface area contributed by atoms with Crippen LogP contribution in [0.25, 0.3) is 0 Å². The molecule has 1 N–H and O–H groups in total. The number of carbonyl (C=O) groups excluding carboxylic acids is 1. The van der Waals surface area contributed by atoms with Gasteiger partial charge in [-0.25, -0.2) is 9.63 Å². The number of rotatable bonds is 2. The zero-order chi connectivity index (χ0) is 16.6. The van der Waals surface area contributed by atoms with Crippen LogP contribution in [0.5, 0.6) is 5.75 Å². The van der Waals surface area contributed by atoms with Gasteiger partial charge in [0.1, 0.15) is 12.1 Å². The second-order valence-corrected chi connectivity index (χ2v) is 6.20. The van der Waals surface area contributed by atoms with E-state index in [1.165, 1.54) is 13.1 Å². The van der Waals surface area contributed by atoms with Crippen LogP contribution < -0.4 is 19.7 Å². The van der Waals surface area contributed by atoms with Crippen LogP contribution in [0, 0.1) is 5.21 Å². The van der Waals surface area contributed by atoms with E-state index in [0.717, 1.165) is 10.4 Å². The Kier molecular flexibility index (Phi) is 3.60. The summed E-state index contributed by atoms with van der Waals surface area (Å²) in [4.78, 5) is 13.2. The van der Waals surface area contributed by atoms with E-state index in [4.69, 9.17) is 4.74 Å². The smallest absolute Gasteiger partial charge is 0.285 e. The van der Waals surface area contributed by atoms with Crippen molar-refractivity contribution in [2.45, 2.75) is 26.4 Å². The van der Waals surface area contributed by atoms with E-state index in [9.17, 15) is 10.0 Å². The third kappa shape index (κ3) is 3.06. The van der Waals surface area contributed by atoms with Crippen molar-refractivity contribution in [3.8, 4) is 5.75 Å². The van der Waals surface area contributed by atoms with Gasteiger partial charge in [-0.05, 0) is 32.0 Å². The van der Waals surface area contributed by atoms with E-state index >= 15 is 0 Å². The number of benzene rings is 1. The summed E-state index contributed by atoms with van der Waals surface area (Å²) in [5, 5.41) is 14.9. The highest BCUT2D eigenvalue weighted by molar-refractivity contribution is 5.90. The minimum Gasteiger partial charge on any atom is -0.711 e. The van der Waals surface area contributed by atoms with E-state index in [1.807, 2.05) is 36.9 Å². The van der Waals surface area contributed by atoms with Crippen LogP contribution in [0.3, 0.4) is 0 Å². The third-order valence-corrected chi connectivity index (χ3v) is 3.58. The molecule has 0 saturated heterocycles. The molecule has 0 aliphatic carbocycles. The number of hydrogen-bond donors (Lipinski definition) is 1. The lowest BCUT2D eigenvalue weighted by molar-refractivity contribution is -0.592. The Hall–Kier alpha value is -2.76. The first-order valence-corrected chi connectivity index (χ1v) is 7.42. The second kappa shape index (κ2) is 5.46. The number of anilines is 3. The van der Waals surface area contributed by atoms with Gasteiger partial charge in [-0.15, -0.1) is 0 Å². The van der Waals surface area contributed by atoms with Crippen LogP contribution in [0.4, 0.5) is 17.2 Å². The van der Waals surface area contributed by atoms with Crippen molar-refractivity contribution in [2.75, 3.05) is 16.8 Å². The molecule has 0 saturated carbocycles. The molecular formula is C17H19N3O3. The Bertz CT molecular complexity index is 758. The van der Waals surface area contributed by atoms with E-state index in [0.29, 0.717) is 23.8 Å². The highest BCUT2D eigenvalue weighted by atomic mass is 16.5. The molecule has 0 atom stereocenters. The maximum absolute atomic E-state index is 12.2. The van der Waals surface area contributed by atoms with E-state index in [-0.39, 0.29) is 5.91 Å². The molecule has 120 valence electrons. The average Bonchev–Trinajstić information content (AvgIpc) is 2.46. The van der Waals surface area contributed by atoms with E-state index in [2.05, 4.69) is 5.32 Å². The normalized spacial score (nSPS) is 15.5. The molecule has 2 heterocycles. The summed E-state index contributed by atoms with van der Waals surface area (Å²) in [7, 11) is 0. The van der Waals surface area contributed by atoms with Crippen molar-refractivity contribution in [1.29, 1.82) is 0 Å². The van der Waals surface area contributed by atoms with Gasteiger partial charge in [0.2, 0.25) is 5.91 Å². The van der Waals surface area contributed by atoms with Crippen LogP contribution in [0.2, 0.25) is 0 Å². The molecule has 2 aromatic rings. The number of amides is 1. The Labute approximate surface area is 134 Å². The molecule has 1 aliphatic rings. The fraction of sp³-hybridized carbons (Fsp3) is 0.294. The maximum Gasteiger partial charge on any atom is 0.285 e. The Morgan fingerprint density at radius 3 is 2.83 bits per heavy atom. The summed E-state index contributed by atoms with van der Waals surface area (Å²) in [5.41, 5.74) is 0.982. The molecule has 1 aliphatic heterocycles. The Morgan fingerprint density at radius 1 is 1.35 bits per heavy atom. The second-order valence-electron chi connectivity index (χ2n) is 6.20. The number of fused-ring (bicyclic) bond motifs is 1. The van der Waals surface area contributed by atoms with Gasteiger partial charge in [0, 0.05) is 24.7 Å². The topological polar surface area (TPSA) is 68.5 Å². The summed E-state index contributed by atoms with van der Waals surface area (Å²) in [6, 6.07) is 10.7. The third-order valence-electron chi connectivity index (χ3n) is 3.58. The zero-order valence-corrected chi connectivity index (χ0v) is 13.4. The summed E-state index contributed by atoms with van der Waals surface area (Å²) in [5.74, 6) is 1.05. The van der Waals surface area contributed by atoms with Crippen LogP contribution >= 0.6 is 0 Å². The maximum atomic E-state index is 12.2. The lowest BCUT2D eigenvalue weighted by Crippen LogP contribution is -2.48. The molecule has 1 aromatic carbocycles. The van der Waals surface area contributed by atoms with Gasteiger partial charge in [-0.3, -0.25) is 4.79 Å². The minimum atomic E-state index is -0.439. The van der Waals surface area contributed by atoms with Gasteiger partial charge < -0.3 is 15.3 Å². The predicted octanol–water partition coefficient (Wildman–Crippen LogP) is 2.59. The van der Waals surface area contributed by atoms with Crippen LogP contribution in [-0.4, -0.2) is 18.1 Å². The quantitative estimate of drug-likeness (QED) is 0.683. The molecule has 0 fully saturated rings. The van der Waals surface area contributed by atoms with Crippen molar-refractivity contribution in [2.24, 2.45) is 0 Å². The molecule has 0 spiro atoms. The highest BCUT2D eigenvalue weighted by Crippen LogP contribution is 2.41. The number of aromatic nitrogens is 1. The lowest BCUT2D eigenvalue weighted by atomic mass is 10.0. The van der Waals surface area contributed by atoms with E-state index in [1.54, 1.807) is 18.2 Å². The predicted molar refractivity (Wildman–Crippen MR) is 87.9 cm³/mol. The van der Waals surface area contributed by atoms with Crippen LogP contribution in [0.15, 0.2) is 42.6 Å². The largest absolute Gasteiger partial charge is 0.711 e. The van der Waals surface area contributed by atoms with Gasteiger partial charge in [-0.1, -0.05) is 6.07 Å². The number of hydrogen-bond acceptors (Lipinski definition) is 4. The van der Waals surface area contributed by atoms with Crippen molar-refractivity contribution in [3.63, 3.8) is 0 Å². The van der Waals surface area contributed by atoms with Crippen molar-refractivity contribution in [3.05, 3.63) is 47.8 Å². The number of nitrogens with zero attached hydrogens (tertiary/aromatic N) is 2. The van der Waals surface area contributed by atoms with Gasteiger partial charge in [0.25, 0.3) is 5.82 Å².